The van der Waals surface area contributed by atoms with Crippen molar-refractivity contribution in [1.82, 2.24) is 16.2 Å². The Balaban J connectivity index is 1.77. The first-order valence-electron chi connectivity index (χ1n) is 7.90. The van der Waals surface area contributed by atoms with Crippen molar-refractivity contribution in [2.75, 3.05) is 6.61 Å². The van der Waals surface area contributed by atoms with E-state index in [1.807, 2.05) is 0 Å². The Morgan fingerprint density at radius 2 is 1.59 bits per heavy atom. The topological polar surface area (TPSA) is 96.5 Å². The molecule has 2 rings (SSSR count). The van der Waals surface area contributed by atoms with E-state index in [-0.39, 0.29) is 17.2 Å². The Bertz CT molecular complexity index is 845. The standard InChI is InChI=1S/C18H17Cl2N3O4/c1-11(21-18(26)12-6-2-3-7-13(12)19)17(25)23-22-16(24)10-27-15-9-5-4-8-14(15)20/h2-9,11H,10H2,1H3,(H,21,26)(H,22,24)(H,23,25)/t11-/m0/s1. The van der Waals surface area contributed by atoms with Gasteiger partial charge in [-0.3, -0.25) is 25.2 Å². The Hall–Kier alpha value is -2.77. The van der Waals surface area contributed by atoms with E-state index in [0.717, 1.165) is 0 Å². The molecule has 0 aliphatic rings. The number of nitrogens with one attached hydrogen (secondary N) is 3. The number of para-hydroxylation sites is 1. The van der Waals surface area contributed by atoms with Crippen molar-refractivity contribution in [3.05, 3.63) is 64.1 Å². The number of hydrogen-bond acceptors (Lipinski definition) is 4. The second-order valence-electron chi connectivity index (χ2n) is 5.43. The van der Waals surface area contributed by atoms with Crippen LogP contribution in [0.5, 0.6) is 5.75 Å². The summed E-state index contributed by atoms with van der Waals surface area (Å²) in [5.74, 6) is -1.35. The van der Waals surface area contributed by atoms with Gasteiger partial charge in [0.05, 0.1) is 15.6 Å². The maximum Gasteiger partial charge on any atom is 0.276 e. The number of hydrogen-bond donors (Lipinski definition) is 3. The SMILES string of the molecule is C[C@H](NC(=O)c1ccccc1Cl)C(=O)NNC(=O)COc1ccccc1Cl. The number of rotatable bonds is 6. The fraction of sp³-hybridized carbons (Fsp3) is 0.167. The highest BCUT2D eigenvalue weighted by atomic mass is 35.5. The summed E-state index contributed by atoms with van der Waals surface area (Å²) in [4.78, 5) is 35.9. The first kappa shape index (κ1) is 20.5. The predicted octanol–water partition coefficient (Wildman–Crippen LogP) is 2.34. The maximum atomic E-state index is 12.1. The van der Waals surface area contributed by atoms with Gasteiger partial charge in [0, 0.05) is 0 Å². The number of carbonyl (C=O) groups excluding carboxylic acids is 3. The average Bonchev–Trinajstić information content (AvgIpc) is 2.65. The molecule has 9 heteroatoms. The molecule has 0 fully saturated rings. The van der Waals surface area contributed by atoms with E-state index >= 15 is 0 Å². The maximum absolute atomic E-state index is 12.1. The molecule has 3 amide bonds. The molecule has 0 saturated carbocycles. The summed E-state index contributed by atoms with van der Waals surface area (Å²) in [6.45, 7) is 1.13. The van der Waals surface area contributed by atoms with Crippen LogP contribution in [-0.4, -0.2) is 30.4 Å². The summed E-state index contributed by atoms with van der Waals surface area (Å²) >= 11 is 11.9. The molecule has 0 aliphatic carbocycles. The van der Waals surface area contributed by atoms with Gasteiger partial charge in [0.15, 0.2) is 6.61 Å². The molecule has 7 nitrogen and oxygen atoms in total. The first-order valence-corrected chi connectivity index (χ1v) is 8.65. The second-order valence-corrected chi connectivity index (χ2v) is 6.25. The first-order chi connectivity index (χ1) is 12.9. The zero-order valence-electron chi connectivity index (χ0n) is 14.3. The van der Waals surface area contributed by atoms with Crippen LogP contribution in [0.15, 0.2) is 48.5 Å². The summed E-state index contributed by atoms with van der Waals surface area (Å²) < 4.78 is 5.25. The predicted molar refractivity (Wildman–Crippen MR) is 102 cm³/mol. The zero-order chi connectivity index (χ0) is 19.8. The van der Waals surface area contributed by atoms with Crippen LogP contribution in [0.3, 0.4) is 0 Å². The minimum atomic E-state index is -0.904. The summed E-state index contributed by atoms with van der Waals surface area (Å²) in [6.07, 6.45) is 0. The van der Waals surface area contributed by atoms with Crippen molar-refractivity contribution in [3.63, 3.8) is 0 Å². The van der Waals surface area contributed by atoms with Gasteiger partial charge in [-0.2, -0.15) is 0 Å². The van der Waals surface area contributed by atoms with Crippen LogP contribution in [0.2, 0.25) is 10.0 Å². The van der Waals surface area contributed by atoms with Crippen molar-refractivity contribution < 1.29 is 19.1 Å². The lowest BCUT2D eigenvalue weighted by Gasteiger charge is -2.15. The monoisotopic (exact) mass is 409 g/mol. The summed E-state index contributed by atoms with van der Waals surface area (Å²) in [5, 5.41) is 3.13. The number of amides is 3. The molecule has 2 aromatic rings. The van der Waals surface area contributed by atoms with Crippen LogP contribution in [0.1, 0.15) is 17.3 Å². The van der Waals surface area contributed by atoms with E-state index in [1.54, 1.807) is 42.5 Å². The fourth-order valence-corrected chi connectivity index (χ4v) is 2.38. The molecule has 27 heavy (non-hydrogen) atoms. The van der Waals surface area contributed by atoms with Crippen molar-refractivity contribution in [3.8, 4) is 5.75 Å². The van der Waals surface area contributed by atoms with E-state index in [9.17, 15) is 14.4 Å². The highest BCUT2D eigenvalue weighted by molar-refractivity contribution is 6.33. The zero-order valence-corrected chi connectivity index (χ0v) is 15.8. The largest absolute Gasteiger partial charge is 0.482 e. The van der Waals surface area contributed by atoms with Crippen LogP contribution < -0.4 is 20.9 Å². The molecule has 0 radical (unpaired) electrons. The van der Waals surface area contributed by atoms with E-state index in [0.29, 0.717) is 10.8 Å². The Morgan fingerprint density at radius 3 is 2.26 bits per heavy atom. The molecule has 142 valence electrons. The van der Waals surface area contributed by atoms with Gasteiger partial charge in [0.2, 0.25) is 0 Å². The molecule has 0 saturated heterocycles. The Labute approximate surface area is 166 Å². The molecule has 0 spiro atoms. The lowest BCUT2D eigenvalue weighted by molar-refractivity contribution is -0.130. The van der Waals surface area contributed by atoms with Crippen molar-refractivity contribution in [2.45, 2.75) is 13.0 Å². The van der Waals surface area contributed by atoms with Gasteiger partial charge in [-0.1, -0.05) is 47.5 Å². The van der Waals surface area contributed by atoms with Crippen LogP contribution >= 0.6 is 23.2 Å². The van der Waals surface area contributed by atoms with Crippen molar-refractivity contribution >= 4 is 40.9 Å². The molecule has 0 aliphatic heterocycles. The van der Waals surface area contributed by atoms with E-state index in [1.165, 1.54) is 13.0 Å². The minimum absolute atomic E-state index is 0.246. The summed E-state index contributed by atoms with van der Waals surface area (Å²) in [7, 11) is 0. The molecular formula is C18H17Cl2N3O4. The normalized spacial score (nSPS) is 11.2. The Morgan fingerprint density at radius 1 is 0.963 bits per heavy atom. The third-order valence-electron chi connectivity index (χ3n) is 3.38. The lowest BCUT2D eigenvalue weighted by atomic mass is 10.2. The third-order valence-corrected chi connectivity index (χ3v) is 4.02. The molecule has 0 bridgehead atoms. The van der Waals surface area contributed by atoms with Crippen LogP contribution in [-0.2, 0) is 9.59 Å². The summed E-state index contributed by atoms with van der Waals surface area (Å²) in [5.41, 5.74) is 4.65. The fourth-order valence-electron chi connectivity index (χ4n) is 1.97. The highest BCUT2D eigenvalue weighted by Crippen LogP contribution is 2.22. The smallest absolute Gasteiger partial charge is 0.276 e. The van der Waals surface area contributed by atoms with Crippen molar-refractivity contribution in [1.29, 1.82) is 0 Å². The third kappa shape index (κ3) is 6.16. The van der Waals surface area contributed by atoms with Gasteiger partial charge < -0.3 is 10.1 Å². The molecule has 0 unspecified atom stereocenters. The van der Waals surface area contributed by atoms with Gasteiger partial charge in [0.1, 0.15) is 11.8 Å². The van der Waals surface area contributed by atoms with Crippen molar-refractivity contribution in [2.24, 2.45) is 0 Å². The number of ether oxygens (including phenoxy) is 1. The van der Waals surface area contributed by atoms with Gasteiger partial charge in [0.25, 0.3) is 17.7 Å². The number of halogens is 2. The van der Waals surface area contributed by atoms with Gasteiger partial charge >= 0.3 is 0 Å². The number of carbonyl (C=O) groups is 3. The summed E-state index contributed by atoms with van der Waals surface area (Å²) in [6, 6.07) is 12.2. The van der Waals surface area contributed by atoms with Gasteiger partial charge in [-0.15, -0.1) is 0 Å². The number of hydrazine groups is 1. The van der Waals surface area contributed by atoms with Gasteiger partial charge in [-0.05, 0) is 31.2 Å². The van der Waals surface area contributed by atoms with Gasteiger partial charge in [-0.25, -0.2) is 0 Å². The lowest BCUT2D eigenvalue weighted by Crippen LogP contribution is -2.52. The van der Waals surface area contributed by atoms with E-state index < -0.39 is 23.8 Å². The van der Waals surface area contributed by atoms with Crippen LogP contribution in [0.4, 0.5) is 0 Å². The van der Waals surface area contributed by atoms with Crippen LogP contribution in [0, 0.1) is 0 Å². The van der Waals surface area contributed by atoms with Crippen LogP contribution in [0.25, 0.3) is 0 Å². The minimum Gasteiger partial charge on any atom is -0.482 e. The van der Waals surface area contributed by atoms with E-state index in [4.69, 9.17) is 27.9 Å². The molecule has 3 N–H and O–H groups in total. The molecule has 2 aromatic carbocycles. The quantitative estimate of drug-likeness (QED) is 0.637. The van der Waals surface area contributed by atoms with E-state index in [2.05, 4.69) is 16.2 Å². The molecule has 0 aromatic heterocycles. The second kappa shape index (κ2) is 9.80. The molecule has 1 atom stereocenters. The molecular weight excluding hydrogens is 393 g/mol. The number of benzene rings is 2. The highest BCUT2D eigenvalue weighted by Gasteiger charge is 2.18. The average molecular weight is 410 g/mol. The Kier molecular flexibility index (Phi) is 7.45. The molecule has 0 heterocycles.